The molecule has 10 heteroatoms. The Morgan fingerprint density at radius 2 is 1.91 bits per heavy atom. The number of nitrogens with one attached hydrogen (secondary N) is 1. The summed E-state index contributed by atoms with van der Waals surface area (Å²) in [4.78, 5) is 25.6. The molecule has 4 aromatic rings. The molecule has 0 fully saturated rings. The molecule has 0 atom stereocenters. The number of aromatic nitrogens is 3. The van der Waals surface area contributed by atoms with Crippen LogP contribution in [0.2, 0.25) is 10.0 Å². The fraction of sp³-hybridized carbons (Fsp3) is 0.136. The van der Waals surface area contributed by atoms with E-state index in [0.29, 0.717) is 32.9 Å². The highest BCUT2D eigenvalue weighted by Gasteiger charge is 2.21. The number of nitrogens with zero attached hydrogens (tertiary/aromatic N) is 3. The first-order valence-corrected chi connectivity index (χ1v) is 10.3. The van der Waals surface area contributed by atoms with Crippen molar-refractivity contribution in [3.63, 3.8) is 0 Å². The van der Waals surface area contributed by atoms with Gasteiger partial charge in [-0.1, -0.05) is 46.6 Å². The third kappa shape index (κ3) is 4.28. The summed E-state index contributed by atoms with van der Waals surface area (Å²) in [6.45, 7) is 1.75. The van der Waals surface area contributed by atoms with Crippen molar-refractivity contribution in [3.05, 3.63) is 92.1 Å². The normalized spacial score (nSPS) is 10.9. The molecule has 4 rings (SSSR count). The average molecular weight is 473 g/mol. The van der Waals surface area contributed by atoms with Crippen molar-refractivity contribution in [2.75, 3.05) is 5.32 Å². The van der Waals surface area contributed by atoms with Gasteiger partial charge in [-0.2, -0.15) is 0 Å². The van der Waals surface area contributed by atoms with Gasteiger partial charge in [-0.05, 0) is 37.3 Å². The number of hydrogen-bond donors (Lipinski definition) is 1. The van der Waals surface area contributed by atoms with Gasteiger partial charge in [-0.25, -0.2) is 4.68 Å². The van der Waals surface area contributed by atoms with E-state index in [2.05, 4.69) is 10.5 Å². The summed E-state index contributed by atoms with van der Waals surface area (Å²) < 4.78 is 13.9. The maximum absolute atomic E-state index is 12.9. The number of halogens is 2. The van der Waals surface area contributed by atoms with Gasteiger partial charge in [-0.3, -0.25) is 14.3 Å². The quantitative estimate of drug-likeness (QED) is 0.442. The summed E-state index contributed by atoms with van der Waals surface area (Å²) in [7, 11) is 1.74. The van der Waals surface area contributed by atoms with Crippen molar-refractivity contribution in [1.29, 1.82) is 0 Å². The number of hydrogen-bond acceptors (Lipinski definition) is 5. The number of rotatable bonds is 6. The maximum Gasteiger partial charge on any atom is 0.295 e. The second-order valence-electron chi connectivity index (χ2n) is 6.93. The lowest BCUT2D eigenvalue weighted by Gasteiger charge is -2.07. The van der Waals surface area contributed by atoms with Crippen molar-refractivity contribution in [3.8, 4) is 11.4 Å². The van der Waals surface area contributed by atoms with Crippen LogP contribution in [0.4, 0.5) is 5.69 Å². The minimum Gasteiger partial charge on any atom is -0.484 e. The Hall–Kier alpha value is -3.49. The number of anilines is 1. The Morgan fingerprint density at radius 1 is 1.16 bits per heavy atom. The van der Waals surface area contributed by atoms with Crippen LogP contribution in [-0.2, 0) is 13.7 Å². The average Bonchev–Trinajstić information content (AvgIpc) is 3.33. The Kier molecular flexibility index (Phi) is 6.07. The van der Waals surface area contributed by atoms with Gasteiger partial charge in [0, 0.05) is 18.1 Å². The molecule has 1 amide bonds. The lowest BCUT2D eigenvalue weighted by atomic mass is 10.3. The van der Waals surface area contributed by atoms with Crippen LogP contribution in [-0.4, -0.2) is 20.4 Å². The second-order valence-corrected chi connectivity index (χ2v) is 7.78. The topological polar surface area (TPSA) is 91.3 Å². The largest absolute Gasteiger partial charge is 0.484 e. The third-order valence-corrected chi connectivity index (χ3v) is 5.38. The van der Waals surface area contributed by atoms with Crippen LogP contribution in [0.1, 0.15) is 21.9 Å². The van der Waals surface area contributed by atoms with Crippen molar-refractivity contribution in [2.45, 2.75) is 13.5 Å². The highest BCUT2D eigenvalue weighted by Crippen LogP contribution is 2.28. The van der Waals surface area contributed by atoms with Crippen LogP contribution in [0.15, 0.2) is 63.9 Å². The Morgan fingerprint density at radius 3 is 2.62 bits per heavy atom. The van der Waals surface area contributed by atoms with Crippen molar-refractivity contribution >= 4 is 34.8 Å². The second kappa shape index (κ2) is 8.94. The zero-order chi connectivity index (χ0) is 22.8. The highest BCUT2D eigenvalue weighted by atomic mass is 35.5. The SMILES string of the molecule is Cc1c(NC(=O)c2cc(COc3ccc(Cl)cc3Cl)on2)c(=O)n(-c2ccccc2)n1C. The summed E-state index contributed by atoms with van der Waals surface area (Å²) >= 11 is 11.9. The zero-order valence-corrected chi connectivity index (χ0v) is 18.6. The van der Waals surface area contributed by atoms with E-state index in [4.69, 9.17) is 32.5 Å². The minimum absolute atomic E-state index is 0.00676. The van der Waals surface area contributed by atoms with Gasteiger partial charge < -0.3 is 14.6 Å². The van der Waals surface area contributed by atoms with Crippen LogP contribution in [0, 0.1) is 6.92 Å². The smallest absolute Gasteiger partial charge is 0.295 e. The first-order valence-electron chi connectivity index (χ1n) is 9.54. The van der Waals surface area contributed by atoms with Crippen LogP contribution < -0.4 is 15.6 Å². The van der Waals surface area contributed by atoms with E-state index in [9.17, 15) is 9.59 Å². The summed E-state index contributed by atoms with van der Waals surface area (Å²) in [5.41, 5.74) is 1.10. The van der Waals surface area contributed by atoms with Gasteiger partial charge in [0.25, 0.3) is 11.5 Å². The van der Waals surface area contributed by atoms with Crippen LogP contribution >= 0.6 is 23.2 Å². The first-order chi connectivity index (χ1) is 15.3. The number of para-hydroxylation sites is 1. The number of amides is 1. The van der Waals surface area contributed by atoms with Crippen molar-refractivity contribution in [1.82, 2.24) is 14.5 Å². The standard InChI is InChI=1S/C22H18Cl2N4O4/c1-13-20(22(30)28(27(13)2)15-6-4-3-5-7-15)25-21(29)18-11-16(32-26-18)12-31-19-9-8-14(23)10-17(19)24/h3-11H,12H2,1-2H3,(H,25,29). The molecule has 0 saturated carbocycles. The summed E-state index contributed by atoms with van der Waals surface area (Å²) in [5.74, 6) is 0.156. The van der Waals surface area contributed by atoms with E-state index >= 15 is 0 Å². The zero-order valence-electron chi connectivity index (χ0n) is 17.1. The Bertz CT molecular complexity index is 1340. The van der Waals surface area contributed by atoms with Crippen LogP contribution in [0.3, 0.4) is 0 Å². The molecule has 2 aromatic carbocycles. The summed E-state index contributed by atoms with van der Waals surface area (Å²) in [6.07, 6.45) is 0. The summed E-state index contributed by atoms with van der Waals surface area (Å²) in [5, 5.41) is 7.25. The fourth-order valence-corrected chi connectivity index (χ4v) is 3.58. The molecule has 0 aliphatic carbocycles. The number of benzene rings is 2. The van der Waals surface area contributed by atoms with Gasteiger partial charge in [0.1, 0.15) is 18.0 Å². The molecular formula is C22H18Cl2N4O4. The van der Waals surface area contributed by atoms with Gasteiger partial charge in [0.05, 0.1) is 16.4 Å². The molecule has 8 nitrogen and oxygen atoms in total. The van der Waals surface area contributed by atoms with E-state index in [1.165, 1.54) is 10.7 Å². The van der Waals surface area contributed by atoms with Crippen LogP contribution in [0.25, 0.3) is 5.69 Å². The molecular weight excluding hydrogens is 455 g/mol. The number of ether oxygens (including phenoxy) is 1. The van der Waals surface area contributed by atoms with E-state index in [1.807, 2.05) is 30.3 Å². The fourth-order valence-electron chi connectivity index (χ4n) is 3.12. The lowest BCUT2D eigenvalue weighted by Crippen LogP contribution is -2.23. The van der Waals surface area contributed by atoms with Crippen LogP contribution in [0.5, 0.6) is 5.75 Å². The van der Waals surface area contributed by atoms with Crippen molar-refractivity contribution < 1.29 is 14.1 Å². The first kappa shape index (κ1) is 21.7. The molecule has 164 valence electrons. The predicted molar refractivity (Wildman–Crippen MR) is 121 cm³/mol. The van der Waals surface area contributed by atoms with Gasteiger partial charge in [0.15, 0.2) is 11.5 Å². The molecule has 0 spiro atoms. The van der Waals surface area contributed by atoms with Crippen molar-refractivity contribution in [2.24, 2.45) is 7.05 Å². The Labute approximate surface area is 192 Å². The molecule has 1 N–H and O–H groups in total. The van der Waals surface area contributed by atoms with E-state index in [1.54, 1.807) is 36.9 Å². The lowest BCUT2D eigenvalue weighted by molar-refractivity contribution is 0.101. The highest BCUT2D eigenvalue weighted by molar-refractivity contribution is 6.35. The predicted octanol–water partition coefficient (Wildman–Crippen LogP) is 4.61. The molecule has 0 aliphatic rings. The third-order valence-electron chi connectivity index (χ3n) is 4.85. The molecule has 0 radical (unpaired) electrons. The number of carbonyl (C=O) groups is 1. The summed E-state index contributed by atoms with van der Waals surface area (Å²) in [6, 6.07) is 15.4. The maximum atomic E-state index is 12.9. The molecule has 2 aromatic heterocycles. The molecule has 2 heterocycles. The monoisotopic (exact) mass is 472 g/mol. The Balaban J connectivity index is 1.50. The molecule has 0 aliphatic heterocycles. The molecule has 0 bridgehead atoms. The van der Waals surface area contributed by atoms with E-state index < -0.39 is 5.91 Å². The molecule has 32 heavy (non-hydrogen) atoms. The molecule has 0 unspecified atom stereocenters. The van der Waals surface area contributed by atoms with Gasteiger partial charge in [0.2, 0.25) is 0 Å². The number of carbonyl (C=O) groups excluding carboxylic acids is 1. The van der Waals surface area contributed by atoms with Gasteiger partial charge in [-0.15, -0.1) is 0 Å². The minimum atomic E-state index is -0.574. The van der Waals surface area contributed by atoms with E-state index in [-0.39, 0.29) is 23.5 Å². The van der Waals surface area contributed by atoms with Gasteiger partial charge >= 0.3 is 0 Å². The van der Waals surface area contributed by atoms with E-state index in [0.717, 1.165) is 0 Å². The molecule has 0 saturated heterocycles.